The molecule has 1 aliphatic rings. The number of hydrogen-bond acceptors (Lipinski definition) is 7. The molecule has 3 N–H and O–H groups in total. The molecule has 0 atom stereocenters. The Hall–Kier alpha value is -5.19. The summed E-state index contributed by atoms with van der Waals surface area (Å²) in [5.41, 5.74) is 4.53. The lowest BCUT2D eigenvalue weighted by atomic mass is 10.1. The molecule has 5 rings (SSSR count). The lowest BCUT2D eigenvalue weighted by molar-refractivity contribution is -0.286. The van der Waals surface area contributed by atoms with Gasteiger partial charge in [-0.05, 0) is 73.5 Å². The van der Waals surface area contributed by atoms with E-state index in [0.29, 0.717) is 30.9 Å². The topological polar surface area (TPSA) is 105 Å². The van der Waals surface area contributed by atoms with E-state index >= 15 is 0 Å². The first-order chi connectivity index (χ1) is 20.7. The number of halogens is 2. The maximum Gasteiger partial charge on any atom is 0.586 e. The van der Waals surface area contributed by atoms with Crippen LogP contribution in [0.5, 0.6) is 11.5 Å². The van der Waals surface area contributed by atoms with Gasteiger partial charge in [0.1, 0.15) is 5.69 Å². The van der Waals surface area contributed by atoms with Gasteiger partial charge in [-0.3, -0.25) is 14.6 Å². The highest BCUT2D eigenvalue weighted by Crippen LogP contribution is 2.42. The number of carbonyl (C=O) groups excluding carboxylic acids is 2. The van der Waals surface area contributed by atoms with E-state index in [1.807, 2.05) is 6.07 Å². The van der Waals surface area contributed by atoms with Gasteiger partial charge in [-0.1, -0.05) is 24.3 Å². The number of benzene rings is 3. The molecular weight excluding hydrogens is 556 g/mol. The van der Waals surface area contributed by atoms with Crippen LogP contribution in [-0.4, -0.2) is 42.7 Å². The van der Waals surface area contributed by atoms with E-state index in [1.54, 1.807) is 42.6 Å². The minimum Gasteiger partial charge on any atom is -0.395 e. The minimum atomic E-state index is -3.74. The number of amides is 2. The summed E-state index contributed by atoms with van der Waals surface area (Å²) in [5, 5.41) is 8.87. The molecule has 0 bridgehead atoms. The van der Waals surface area contributed by atoms with Gasteiger partial charge in [-0.25, -0.2) is 0 Å². The Bertz CT molecular complexity index is 1630. The molecule has 3 aromatic carbocycles. The van der Waals surface area contributed by atoms with Gasteiger partial charge in [0.2, 0.25) is 0 Å². The summed E-state index contributed by atoms with van der Waals surface area (Å²) >= 11 is 0. The van der Waals surface area contributed by atoms with Crippen LogP contribution in [0, 0.1) is 6.92 Å². The molecule has 2 heterocycles. The van der Waals surface area contributed by atoms with Crippen LogP contribution in [0.2, 0.25) is 0 Å². The van der Waals surface area contributed by atoms with Gasteiger partial charge in [-0.2, -0.15) is 0 Å². The van der Waals surface area contributed by atoms with Gasteiger partial charge < -0.3 is 30.3 Å². The van der Waals surface area contributed by atoms with Crippen LogP contribution < -0.4 is 30.3 Å². The summed E-state index contributed by atoms with van der Waals surface area (Å²) in [6.45, 7) is 6.38. The Morgan fingerprint density at radius 1 is 0.930 bits per heavy atom. The van der Waals surface area contributed by atoms with E-state index in [9.17, 15) is 18.4 Å². The summed E-state index contributed by atoms with van der Waals surface area (Å²) in [4.78, 5) is 32.3. The maximum atomic E-state index is 13.3. The summed E-state index contributed by atoms with van der Waals surface area (Å²) < 4.78 is 35.5. The lowest BCUT2D eigenvalue weighted by Crippen LogP contribution is -2.35. The third kappa shape index (κ3) is 7.37. The molecule has 0 radical (unpaired) electrons. The molecule has 0 spiro atoms. The average molecular weight is 588 g/mol. The van der Waals surface area contributed by atoms with Gasteiger partial charge in [0.25, 0.3) is 11.8 Å². The van der Waals surface area contributed by atoms with E-state index in [1.165, 1.54) is 23.8 Å². The van der Waals surface area contributed by atoms with Crippen LogP contribution >= 0.6 is 0 Å². The van der Waals surface area contributed by atoms with Crippen molar-refractivity contribution >= 4 is 28.9 Å². The zero-order valence-electron chi connectivity index (χ0n) is 23.7. The second-order valence-corrected chi connectivity index (χ2v) is 9.91. The molecule has 1 aliphatic heterocycles. The highest BCUT2D eigenvalue weighted by molar-refractivity contribution is 6.08. The van der Waals surface area contributed by atoms with E-state index < -0.39 is 12.2 Å². The molecule has 43 heavy (non-hydrogen) atoms. The largest absolute Gasteiger partial charge is 0.586 e. The van der Waals surface area contributed by atoms with Crippen molar-refractivity contribution in [2.45, 2.75) is 26.7 Å². The van der Waals surface area contributed by atoms with E-state index in [0.717, 1.165) is 17.8 Å². The summed E-state index contributed by atoms with van der Waals surface area (Å²) in [5.74, 6) is -1.000. The number of hydrogen-bond donors (Lipinski definition) is 3. The SMILES string of the molecule is CCN(CCNC(=O)c1cc(CNc2ccccc2C(=O)Nc2ccc3c(c2)OC(F)(F)O3)ccn1)c1cccc(C)c1. The molecule has 0 saturated heterocycles. The molecule has 4 aromatic rings. The highest BCUT2D eigenvalue weighted by atomic mass is 19.3. The molecule has 2 amide bonds. The second-order valence-electron chi connectivity index (χ2n) is 9.91. The Kier molecular flexibility index (Phi) is 8.70. The third-order valence-corrected chi connectivity index (χ3v) is 6.79. The summed E-state index contributed by atoms with van der Waals surface area (Å²) in [7, 11) is 0. The fraction of sp³-hybridized carbons (Fsp3) is 0.219. The Morgan fingerprint density at radius 3 is 2.56 bits per heavy atom. The Labute approximate surface area is 247 Å². The minimum absolute atomic E-state index is 0.111. The number of rotatable bonds is 11. The van der Waals surface area contributed by atoms with E-state index in [-0.39, 0.29) is 28.8 Å². The van der Waals surface area contributed by atoms with Crippen molar-refractivity contribution in [3.8, 4) is 11.5 Å². The lowest BCUT2D eigenvalue weighted by Gasteiger charge is -2.23. The van der Waals surface area contributed by atoms with Crippen LogP contribution in [0.4, 0.5) is 25.8 Å². The van der Waals surface area contributed by atoms with Crippen LogP contribution in [0.25, 0.3) is 0 Å². The van der Waals surface area contributed by atoms with Gasteiger partial charge in [0, 0.05) is 55.5 Å². The standard InChI is InChI=1S/C32H31F2N5O4/c1-3-39(24-8-6-7-21(2)17-24)16-15-36-31(41)27-18-22(13-14-35-27)20-37-26-10-5-4-9-25(26)30(40)38-23-11-12-28-29(19-23)43-32(33,34)42-28/h4-14,17-19,37H,3,15-16,20H2,1-2H3,(H,36,41)(H,38,40). The van der Waals surface area contributed by atoms with Crippen molar-refractivity contribution in [3.05, 3.63) is 107 Å². The molecule has 222 valence electrons. The van der Waals surface area contributed by atoms with Crippen molar-refractivity contribution in [1.29, 1.82) is 0 Å². The number of aromatic nitrogens is 1. The number of nitrogens with one attached hydrogen (secondary N) is 3. The van der Waals surface area contributed by atoms with E-state index in [4.69, 9.17) is 0 Å². The van der Waals surface area contributed by atoms with Crippen molar-refractivity contribution in [2.24, 2.45) is 0 Å². The highest BCUT2D eigenvalue weighted by Gasteiger charge is 2.43. The molecule has 1 aromatic heterocycles. The first-order valence-corrected chi connectivity index (χ1v) is 13.8. The number of ether oxygens (including phenoxy) is 2. The zero-order valence-corrected chi connectivity index (χ0v) is 23.7. The monoisotopic (exact) mass is 587 g/mol. The predicted octanol–water partition coefficient (Wildman–Crippen LogP) is 5.83. The normalized spacial score (nSPS) is 12.8. The number of para-hydroxylation sites is 1. The van der Waals surface area contributed by atoms with Crippen molar-refractivity contribution in [1.82, 2.24) is 10.3 Å². The number of likely N-dealkylation sites (N-methyl/N-ethyl adjacent to an activating group) is 1. The van der Waals surface area contributed by atoms with Crippen molar-refractivity contribution < 1.29 is 27.8 Å². The predicted molar refractivity (Wildman–Crippen MR) is 160 cm³/mol. The number of fused-ring (bicyclic) bond motifs is 1. The second kappa shape index (κ2) is 12.8. The maximum absolute atomic E-state index is 13.3. The fourth-order valence-corrected chi connectivity index (χ4v) is 4.66. The Balaban J connectivity index is 1.17. The molecule has 0 saturated carbocycles. The van der Waals surface area contributed by atoms with Crippen LogP contribution in [-0.2, 0) is 6.54 Å². The van der Waals surface area contributed by atoms with Crippen LogP contribution in [0.3, 0.4) is 0 Å². The quantitative estimate of drug-likeness (QED) is 0.203. The van der Waals surface area contributed by atoms with Crippen molar-refractivity contribution in [2.75, 3.05) is 35.2 Å². The number of nitrogens with zero attached hydrogens (tertiary/aromatic N) is 2. The van der Waals surface area contributed by atoms with Gasteiger partial charge >= 0.3 is 6.29 Å². The number of aryl methyl sites for hydroxylation is 1. The molecule has 9 nitrogen and oxygen atoms in total. The molecule has 11 heteroatoms. The molecular formula is C32H31F2N5O4. The van der Waals surface area contributed by atoms with Gasteiger partial charge in [-0.15, -0.1) is 8.78 Å². The fourth-order valence-electron chi connectivity index (χ4n) is 4.66. The first kappa shape index (κ1) is 29.3. The summed E-state index contributed by atoms with van der Waals surface area (Å²) in [6.07, 6.45) is -2.17. The van der Waals surface area contributed by atoms with Crippen molar-refractivity contribution in [3.63, 3.8) is 0 Å². The van der Waals surface area contributed by atoms with Crippen LogP contribution in [0.15, 0.2) is 85.1 Å². The Morgan fingerprint density at radius 2 is 1.74 bits per heavy atom. The number of alkyl halides is 2. The number of anilines is 3. The number of pyridine rings is 1. The zero-order chi connectivity index (χ0) is 30.4. The van der Waals surface area contributed by atoms with E-state index in [2.05, 4.69) is 67.4 Å². The first-order valence-electron chi connectivity index (χ1n) is 13.8. The summed E-state index contributed by atoms with van der Waals surface area (Å²) in [6, 6.07) is 22.6. The average Bonchev–Trinajstić information content (AvgIpc) is 3.31. The van der Waals surface area contributed by atoms with Gasteiger partial charge in [0.15, 0.2) is 11.5 Å². The molecule has 0 aliphatic carbocycles. The molecule has 0 fully saturated rings. The smallest absolute Gasteiger partial charge is 0.395 e. The van der Waals surface area contributed by atoms with Gasteiger partial charge in [0.05, 0.1) is 5.56 Å². The number of carbonyl (C=O) groups is 2. The van der Waals surface area contributed by atoms with Crippen LogP contribution in [0.1, 0.15) is 38.9 Å². The third-order valence-electron chi connectivity index (χ3n) is 6.79. The molecule has 0 unspecified atom stereocenters.